The Kier molecular flexibility index (Phi) is 2.32. The van der Waals surface area contributed by atoms with Gasteiger partial charge in [-0.25, -0.2) is 9.97 Å². The Morgan fingerprint density at radius 3 is 3.00 bits per heavy atom. The Balaban J connectivity index is 1.91. The molecule has 1 aromatic rings. The van der Waals surface area contributed by atoms with Gasteiger partial charge in [-0.3, -0.25) is 0 Å². The first-order valence-corrected chi connectivity index (χ1v) is 6.03. The molecule has 4 heteroatoms. The highest BCUT2D eigenvalue weighted by Crippen LogP contribution is 2.30. The van der Waals surface area contributed by atoms with E-state index in [2.05, 4.69) is 26.3 Å². The number of hydrogen-bond acceptors (Lipinski definition) is 4. The van der Waals surface area contributed by atoms with Crippen LogP contribution in [-0.2, 0) is 0 Å². The first kappa shape index (κ1) is 10.0. The predicted molar refractivity (Wildman–Crippen MR) is 63.6 cm³/mol. The third-order valence-electron chi connectivity index (χ3n) is 3.69. The van der Waals surface area contributed by atoms with E-state index in [1.165, 1.54) is 13.0 Å². The fourth-order valence-electron chi connectivity index (χ4n) is 2.98. The largest absolute Gasteiger partial charge is 0.352 e. The summed E-state index contributed by atoms with van der Waals surface area (Å²) in [6, 6.07) is 2.75. The summed E-state index contributed by atoms with van der Waals surface area (Å²) in [5.41, 5.74) is 1.07. The van der Waals surface area contributed by atoms with Crippen LogP contribution in [0.2, 0.25) is 0 Å². The molecular weight excluding hydrogens is 200 g/mol. The molecule has 0 aromatic carbocycles. The van der Waals surface area contributed by atoms with Crippen molar-refractivity contribution in [2.24, 2.45) is 5.92 Å². The van der Waals surface area contributed by atoms with Gasteiger partial charge in [0.1, 0.15) is 11.6 Å². The second-order valence-corrected chi connectivity index (χ2v) is 4.88. The number of nitrogens with zero attached hydrogens (tertiary/aromatic N) is 3. The molecular formula is C12H18N4. The summed E-state index contributed by atoms with van der Waals surface area (Å²) in [6.45, 7) is 7.43. The van der Waals surface area contributed by atoms with Crippen LogP contribution < -0.4 is 10.2 Å². The molecule has 2 saturated heterocycles. The molecule has 0 aliphatic carbocycles. The number of rotatable bonds is 1. The van der Waals surface area contributed by atoms with Gasteiger partial charge in [0.25, 0.3) is 0 Å². The highest BCUT2D eigenvalue weighted by Gasteiger charge is 2.38. The molecule has 1 N–H and O–H groups in total. The van der Waals surface area contributed by atoms with Gasteiger partial charge in [-0.15, -0.1) is 0 Å². The average Bonchev–Trinajstić information content (AvgIpc) is 2.75. The molecule has 2 aliphatic heterocycles. The maximum atomic E-state index is 4.56. The first-order valence-electron chi connectivity index (χ1n) is 6.03. The average molecular weight is 218 g/mol. The topological polar surface area (TPSA) is 41.0 Å². The van der Waals surface area contributed by atoms with Crippen molar-refractivity contribution in [2.75, 3.05) is 24.5 Å². The van der Waals surface area contributed by atoms with E-state index in [4.69, 9.17) is 0 Å². The smallest absolute Gasteiger partial charge is 0.132 e. The Morgan fingerprint density at radius 1 is 1.31 bits per heavy atom. The highest BCUT2D eigenvalue weighted by atomic mass is 15.3. The van der Waals surface area contributed by atoms with E-state index >= 15 is 0 Å². The zero-order chi connectivity index (χ0) is 11.1. The lowest BCUT2D eigenvalue weighted by Crippen LogP contribution is -2.34. The molecule has 2 aliphatic rings. The zero-order valence-corrected chi connectivity index (χ0v) is 9.90. The van der Waals surface area contributed by atoms with E-state index in [1.807, 2.05) is 13.8 Å². The monoisotopic (exact) mass is 218 g/mol. The van der Waals surface area contributed by atoms with Gasteiger partial charge in [-0.1, -0.05) is 0 Å². The van der Waals surface area contributed by atoms with Crippen LogP contribution in [0.1, 0.15) is 17.9 Å². The molecule has 4 nitrogen and oxygen atoms in total. The Hall–Kier alpha value is -1.16. The molecule has 3 rings (SSSR count). The second-order valence-electron chi connectivity index (χ2n) is 4.88. The number of nitrogens with one attached hydrogen (secondary N) is 1. The standard InChI is InChI=1S/C12H18N4/c1-8-5-12(15-9(2)14-8)16-4-3-10-6-13-7-11(10)16/h5,10-11,13H,3-4,6-7H2,1-2H3/t10-,11+/m0/s1. The van der Waals surface area contributed by atoms with Gasteiger partial charge in [-0.05, 0) is 26.2 Å². The molecule has 16 heavy (non-hydrogen) atoms. The third kappa shape index (κ3) is 1.57. The van der Waals surface area contributed by atoms with Gasteiger partial charge < -0.3 is 10.2 Å². The Bertz CT molecular complexity index is 384. The molecule has 1 aromatic heterocycles. The lowest BCUT2D eigenvalue weighted by molar-refractivity contribution is 0.577. The molecule has 0 radical (unpaired) electrons. The minimum Gasteiger partial charge on any atom is -0.352 e. The summed E-state index contributed by atoms with van der Waals surface area (Å²) in [7, 11) is 0. The second kappa shape index (κ2) is 3.70. The minimum absolute atomic E-state index is 0.647. The molecule has 2 atom stereocenters. The lowest BCUT2D eigenvalue weighted by Gasteiger charge is -2.24. The van der Waals surface area contributed by atoms with Crippen molar-refractivity contribution in [3.05, 3.63) is 17.6 Å². The van der Waals surface area contributed by atoms with E-state index in [0.717, 1.165) is 36.3 Å². The summed E-state index contributed by atoms with van der Waals surface area (Å²) in [5.74, 6) is 2.81. The van der Waals surface area contributed by atoms with E-state index in [1.54, 1.807) is 0 Å². The van der Waals surface area contributed by atoms with Crippen LogP contribution in [0.15, 0.2) is 6.07 Å². The van der Waals surface area contributed by atoms with Gasteiger partial charge in [0.05, 0.1) is 0 Å². The summed E-state index contributed by atoms with van der Waals surface area (Å²) >= 11 is 0. The maximum absolute atomic E-state index is 4.56. The normalized spacial score (nSPS) is 28.5. The van der Waals surface area contributed by atoms with Crippen LogP contribution in [0.3, 0.4) is 0 Å². The maximum Gasteiger partial charge on any atom is 0.132 e. The predicted octanol–water partition coefficient (Wildman–Crippen LogP) is 0.892. The van der Waals surface area contributed by atoms with E-state index in [0.29, 0.717) is 6.04 Å². The lowest BCUT2D eigenvalue weighted by atomic mass is 10.1. The van der Waals surface area contributed by atoms with Crippen LogP contribution in [0.5, 0.6) is 0 Å². The summed E-state index contributed by atoms with van der Waals surface area (Å²) in [6.07, 6.45) is 1.29. The minimum atomic E-state index is 0.647. The van der Waals surface area contributed by atoms with E-state index < -0.39 is 0 Å². The number of anilines is 1. The molecule has 3 heterocycles. The van der Waals surface area contributed by atoms with Gasteiger partial charge in [0, 0.05) is 37.4 Å². The van der Waals surface area contributed by atoms with Gasteiger partial charge in [-0.2, -0.15) is 0 Å². The van der Waals surface area contributed by atoms with Gasteiger partial charge in [0.15, 0.2) is 0 Å². The summed E-state index contributed by atoms with van der Waals surface area (Å²) < 4.78 is 0. The summed E-state index contributed by atoms with van der Waals surface area (Å²) in [5, 5.41) is 3.47. The summed E-state index contributed by atoms with van der Waals surface area (Å²) in [4.78, 5) is 11.4. The van der Waals surface area contributed by atoms with Crippen LogP contribution in [-0.4, -0.2) is 35.6 Å². The Morgan fingerprint density at radius 2 is 2.19 bits per heavy atom. The van der Waals surface area contributed by atoms with Crippen molar-refractivity contribution in [3.8, 4) is 0 Å². The van der Waals surface area contributed by atoms with Crippen LogP contribution >= 0.6 is 0 Å². The molecule has 0 amide bonds. The number of aryl methyl sites for hydroxylation is 2. The fourth-order valence-corrected chi connectivity index (χ4v) is 2.98. The molecule has 0 spiro atoms. The number of hydrogen-bond donors (Lipinski definition) is 1. The molecule has 0 bridgehead atoms. The number of fused-ring (bicyclic) bond motifs is 1. The van der Waals surface area contributed by atoms with Crippen molar-refractivity contribution in [2.45, 2.75) is 26.3 Å². The van der Waals surface area contributed by atoms with Crippen LogP contribution in [0, 0.1) is 19.8 Å². The van der Waals surface area contributed by atoms with Gasteiger partial charge >= 0.3 is 0 Å². The highest BCUT2D eigenvalue weighted by molar-refractivity contribution is 5.43. The number of aromatic nitrogens is 2. The SMILES string of the molecule is Cc1cc(N2CC[C@H]3CNC[C@H]32)nc(C)n1. The molecule has 0 unspecified atom stereocenters. The van der Waals surface area contributed by atoms with Crippen molar-refractivity contribution in [1.82, 2.24) is 15.3 Å². The van der Waals surface area contributed by atoms with E-state index in [-0.39, 0.29) is 0 Å². The van der Waals surface area contributed by atoms with Crippen molar-refractivity contribution >= 4 is 5.82 Å². The molecule has 0 saturated carbocycles. The molecule has 2 fully saturated rings. The zero-order valence-electron chi connectivity index (χ0n) is 9.90. The fraction of sp³-hybridized carbons (Fsp3) is 0.667. The third-order valence-corrected chi connectivity index (χ3v) is 3.69. The first-order chi connectivity index (χ1) is 7.74. The Labute approximate surface area is 96.1 Å². The van der Waals surface area contributed by atoms with Crippen LogP contribution in [0.4, 0.5) is 5.82 Å². The van der Waals surface area contributed by atoms with Crippen molar-refractivity contribution in [1.29, 1.82) is 0 Å². The van der Waals surface area contributed by atoms with Crippen molar-refractivity contribution in [3.63, 3.8) is 0 Å². The van der Waals surface area contributed by atoms with Crippen molar-refractivity contribution < 1.29 is 0 Å². The van der Waals surface area contributed by atoms with E-state index in [9.17, 15) is 0 Å². The van der Waals surface area contributed by atoms with Gasteiger partial charge in [0.2, 0.25) is 0 Å². The quantitative estimate of drug-likeness (QED) is 0.760. The molecule has 86 valence electrons. The van der Waals surface area contributed by atoms with Crippen LogP contribution in [0.25, 0.3) is 0 Å².